The highest BCUT2D eigenvalue weighted by Crippen LogP contribution is 2.63. The van der Waals surface area contributed by atoms with E-state index in [0.29, 0.717) is 0 Å². The van der Waals surface area contributed by atoms with Gasteiger partial charge in [0.25, 0.3) is 0 Å². The number of hydrogen-bond acceptors (Lipinski definition) is 2. The largest absolute Gasteiger partial charge is 0.446 e. The van der Waals surface area contributed by atoms with E-state index in [1.807, 2.05) is 12.1 Å². The molecule has 0 saturated heterocycles. The van der Waals surface area contributed by atoms with Gasteiger partial charge in [0.05, 0.1) is 0 Å². The van der Waals surface area contributed by atoms with Crippen LogP contribution in [0.3, 0.4) is 0 Å². The third-order valence-electron chi connectivity index (χ3n) is 4.13. The molecule has 5 heteroatoms. The van der Waals surface area contributed by atoms with Gasteiger partial charge in [-0.05, 0) is 55.1 Å². The number of halogens is 3. The fourth-order valence-corrected chi connectivity index (χ4v) is 3.33. The zero-order valence-corrected chi connectivity index (χ0v) is 10.6. The summed E-state index contributed by atoms with van der Waals surface area (Å²) in [6, 6.07) is 6.74. The monoisotopic (exact) mass is 273 g/mol. The third-order valence-corrected chi connectivity index (χ3v) is 4.87. The second-order valence-corrected chi connectivity index (χ2v) is 6.45. The van der Waals surface area contributed by atoms with Gasteiger partial charge in [-0.1, -0.05) is 12.1 Å². The molecule has 2 N–H and O–H groups in total. The minimum atomic E-state index is -4.22. The lowest BCUT2D eigenvalue weighted by molar-refractivity contribution is -0.0328. The van der Waals surface area contributed by atoms with Gasteiger partial charge in [-0.3, -0.25) is 0 Å². The van der Waals surface area contributed by atoms with Crippen molar-refractivity contribution in [2.75, 3.05) is 0 Å². The molecule has 0 bridgehead atoms. The Morgan fingerprint density at radius 3 is 1.94 bits per heavy atom. The first-order valence-electron chi connectivity index (χ1n) is 6.00. The smallest absolute Gasteiger partial charge is 0.324 e. The molecular formula is C13H14F3NS. The Bertz CT molecular complexity index is 458. The Balaban J connectivity index is 1.80. The van der Waals surface area contributed by atoms with E-state index in [2.05, 4.69) is 0 Å². The van der Waals surface area contributed by atoms with Crippen molar-refractivity contribution >= 4 is 11.8 Å². The Kier molecular flexibility index (Phi) is 2.52. The molecule has 0 atom stereocenters. The van der Waals surface area contributed by atoms with Crippen molar-refractivity contribution in [3.8, 4) is 0 Å². The Hall–Kier alpha value is -0.680. The molecule has 1 aromatic rings. The summed E-state index contributed by atoms with van der Waals surface area (Å²) in [5.74, 6) is 0. The van der Waals surface area contributed by atoms with Crippen LogP contribution in [0.1, 0.15) is 31.2 Å². The third kappa shape index (κ3) is 2.03. The van der Waals surface area contributed by atoms with E-state index in [9.17, 15) is 13.2 Å². The van der Waals surface area contributed by atoms with Crippen molar-refractivity contribution in [1.82, 2.24) is 0 Å². The van der Waals surface area contributed by atoms with Crippen LogP contribution in [0.5, 0.6) is 0 Å². The van der Waals surface area contributed by atoms with Crippen LogP contribution in [0.2, 0.25) is 0 Å². The molecule has 98 valence electrons. The number of thioether (sulfide) groups is 1. The number of benzene rings is 1. The number of hydrogen-bond donors (Lipinski definition) is 1. The van der Waals surface area contributed by atoms with Crippen molar-refractivity contribution in [3.05, 3.63) is 29.8 Å². The molecular weight excluding hydrogens is 259 g/mol. The lowest BCUT2D eigenvalue weighted by atomic mass is 9.86. The lowest BCUT2D eigenvalue weighted by Gasteiger charge is -2.23. The topological polar surface area (TPSA) is 26.0 Å². The molecule has 0 amide bonds. The molecule has 0 unspecified atom stereocenters. The van der Waals surface area contributed by atoms with Crippen LogP contribution >= 0.6 is 11.8 Å². The van der Waals surface area contributed by atoms with Gasteiger partial charge in [-0.15, -0.1) is 0 Å². The van der Waals surface area contributed by atoms with Crippen molar-refractivity contribution in [1.29, 1.82) is 0 Å². The van der Waals surface area contributed by atoms with Crippen LogP contribution in [-0.4, -0.2) is 11.0 Å². The maximum absolute atomic E-state index is 12.2. The summed E-state index contributed by atoms with van der Waals surface area (Å²) in [5.41, 5.74) is 3.12. The normalized spacial score (nSPS) is 23.8. The fourth-order valence-electron chi connectivity index (χ4n) is 2.79. The van der Waals surface area contributed by atoms with Gasteiger partial charge in [0, 0.05) is 15.8 Å². The van der Waals surface area contributed by atoms with Crippen LogP contribution in [0.15, 0.2) is 29.2 Å². The van der Waals surface area contributed by atoms with Gasteiger partial charge < -0.3 is 5.73 Å². The van der Waals surface area contributed by atoms with E-state index < -0.39 is 5.51 Å². The van der Waals surface area contributed by atoms with Gasteiger partial charge in [-0.25, -0.2) is 0 Å². The maximum atomic E-state index is 12.2. The van der Waals surface area contributed by atoms with Crippen LogP contribution in [0, 0.1) is 0 Å². The molecule has 0 aromatic heterocycles. The number of alkyl halides is 3. The molecule has 3 rings (SSSR count). The highest BCUT2D eigenvalue weighted by atomic mass is 32.2. The van der Waals surface area contributed by atoms with Crippen molar-refractivity contribution < 1.29 is 13.2 Å². The van der Waals surface area contributed by atoms with Crippen LogP contribution in [0.25, 0.3) is 0 Å². The summed E-state index contributed by atoms with van der Waals surface area (Å²) < 4.78 is 36.7. The van der Waals surface area contributed by atoms with Gasteiger partial charge in [0.15, 0.2) is 0 Å². The molecule has 1 nitrogen and oxygen atoms in total. The second-order valence-electron chi connectivity index (χ2n) is 5.31. The first kappa shape index (κ1) is 12.4. The summed E-state index contributed by atoms with van der Waals surface area (Å²) >= 11 is -0.0676. The average Bonchev–Trinajstić information content (AvgIpc) is 3.12. The Labute approximate surface area is 108 Å². The summed E-state index contributed by atoms with van der Waals surface area (Å²) in [5, 5.41) is 0. The average molecular weight is 273 g/mol. The summed E-state index contributed by atoms with van der Waals surface area (Å²) in [7, 11) is 0. The summed E-state index contributed by atoms with van der Waals surface area (Å²) in [6.45, 7) is 0. The lowest BCUT2D eigenvalue weighted by Crippen LogP contribution is -2.37. The first-order chi connectivity index (χ1) is 8.35. The fraction of sp³-hybridized carbons (Fsp3) is 0.538. The summed E-state index contributed by atoms with van der Waals surface area (Å²) in [4.78, 5) is 0.240. The Morgan fingerprint density at radius 2 is 1.56 bits per heavy atom. The molecule has 0 heterocycles. The molecule has 2 aliphatic carbocycles. The van der Waals surface area contributed by atoms with Gasteiger partial charge in [0.2, 0.25) is 0 Å². The van der Waals surface area contributed by atoms with E-state index in [1.165, 1.54) is 0 Å². The van der Waals surface area contributed by atoms with Crippen LogP contribution in [-0.2, 0) is 5.41 Å². The van der Waals surface area contributed by atoms with Gasteiger partial charge in [-0.2, -0.15) is 13.2 Å². The van der Waals surface area contributed by atoms with E-state index in [1.54, 1.807) is 12.1 Å². The number of nitrogens with two attached hydrogens (primary N) is 1. The van der Waals surface area contributed by atoms with Crippen molar-refractivity contribution in [3.63, 3.8) is 0 Å². The van der Waals surface area contributed by atoms with Crippen molar-refractivity contribution in [2.24, 2.45) is 5.73 Å². The quantitative estimate of drug-likeness (QED) is 0.847. The first-order valence-corrected chi connectivity index (χ1v) is 6.82. The Morgan fingerprint density at radius 1 is 1.00 bits per heavy atom. The maximum Gasteiger partial charge on any atom is 0.446 e. The standard InChI is InChI=1S/C13H14F3NS/c14-13(15,16)18-10-3-1-9(2-4-10)11(5-6-11)12(17)7-8-12/h1-4H,5-8,17H2. The SMILES string of the molecule is NC1(C2(c3ccc(SC(F)(F)F)cc3)CC2)CC1. The molecule has 0 spiro atoms. The molecule has 18 heavy (non-hydrogen) atoms. The molecule has 2 aliphatic rings. The van der Waals surface area contributed by atoms with E-state index >= 15 is 0 Å². The minimum Gasteiger partial charge on any atom is -0.324 e. The number of rotatable bonds is 3. The zero-order valence-electron chi connectivity index (χ0n) is 9.76. The molecule has 1 aromatic carbocycles. The highest BCUT2D eigenvalue weighted by Gasteiger charge is 2.63. The van der Waals surface area contributed by atoms with E-state index in [-0.39, 0.29) is 27.6 Å². The van der Waals surface area contributed by atoms with Crippen LogP contribution in [0.4, 0.5) is 13.2 Å². The van der Waals surface area contributed by atoms with Gasteiger partial charge >= 0.3 is 5.51 Å². The molecule has 0 radical (unpaired) electrons. The molecule has 2 fully saturated rings. The van der Waals surface area contributed by atoms with Crippen molar-refractivity contribution in [2.45, 2.75) is 47.0 Å². The van der Waals surface area contributed by atoms with Gasteiger partial charge in [0.1, 0.15) is 0 Å². The summed E-state index contributed by atoms with van der Waals surface area (Å²) in [6.07, 6.45) is 4.20. The van der Waals surface area contributed by atoms with Crippen LogP contribution < -0.4 is 5.73 Å². The zero-order chi connectivity index (χ0) is 13.0. The second kappa shape index (κ2) is 3.67. The highest BCUT2D eigenvalue weighted by molar-refractivity contribution is 8.00. The van der Waals surface area contributed by atoms with E-state index in [0.717, 1.165) is 31.2 Å². The van der Waals surface area contributed by atoms with E-state index in [4.69, 9.17) is 5.73 Å². The molecule has 0 aliphatic heterocycles. The minimum absolute atomic E-state index is 0.0500. The predicted octanol–water partition coefficient (Wildman–Crippen LogP) is 3.82. The molecule has 2 saturated carbocycles. The predicted molar refractivity (Wildman–Crippen MR) is 65.4 cm³/mol.